The SMILES string of the molecule is CC12N=CN(C3CCCC3)C1=NC(NC1CCC(N)CC1)=NC2NCc1ccc(-c2ccco2)nc1. The van der Waals surface area contributed by atoms with E-state index in [1.807, 2.05) is 30.7 Å². The average Bonchev–Trinajstić information content (AvgIpc) is 3.66. The largest absolute Gasteiger partial charge is 0.463 e. The summed E-state index contributed by atoms with van der Waals surface area (Å²) in [5, 5.41) is 7.29. The molecule has 0 saturated heterocycles. The molecule has 0 radical (unpaired) electrons. The summed E-state index contributed by atoms with van der Waals surface area (Å²) >= 11 is 0. The highest BCUT2D eigenvalue weighted by Crippen LogP contribution is 2.34. The topological polar surface area (TPSA) is 116 Å². The maximum atomic E-state index is 6.13. The molecule has 36 heavy (non-hydrogen) atoms. The van der Waals surface area contributed by atoms with E-state index in [0.29, 0.717) is 30.6 Å². The van der Waals surface area contributed by atoms with Crippen molar-refractivity contribution in [2.75, 3.05) is 0 Å². The first-order valence-corrected chi connectivity index (χ1v) is 13.3. The van der Waals surface area contributed by atoms with Crippen LogP contribution >= 0.6 is 0 Å². The molecule has 4 heterocycles. The van der Waals surface area contributed by atoms with Gasteiger partial charge < -0.3 is 20.4 Å². The monoisotopic (exact) mass is 488 g/mol. The second-order valence-corrected chi connectivity index (χ2v) is 10.7. The van der Waals surface area contributed by atoms with Gasteiger partial charge in [-0.3, -0.25) is 15.3 Å². The summed E-state index contributed by atoms with van der Waals surface area (Å²) in [4.78, 5) is 22.0. The number of rotatable bonds is 6. The Kier molecular flexibility index (Phi) is 6.35. The maximum absolute atomic E-state index is 6.13. The van der Waals surface area contributed by atoms with Crippen LogP contribution in [0.15, 0.2) is 56.1 Å². The van der Waals surface area contributed by atoms with E-state index in [-0.39, 0.29) is 6.17 Å². The fraction of sp³-hybridized carbons (Fsp3) is 0.556. The van der Waals surface area contributed by atoms with Gasteiger partial charge in [-0.05, 0) is 69.2 Å². The molecule has 4 N–H and O–H groups in total. The smallest absolute Gasteiger partial charge is 0.221 e. The van der Waals surface area contributed by atoms with Gasteiger partial charge in [-0.25, -0.2) is 4.99 Å². The van der Waals surface area contributed by atoms with E-state index in [9.17, 15) is 0 Å². The van der Waals surface area contributed by atoms with Gasteiger partial charge in [-0.15, -0.1) is 0 Å². The van der Waals surface area contributed by atoms with E-state index in [1.165, 1.54) is 25.7 Å². The fourth-order valence-corrected chi connectivity index (χ4v) is 5.82. The van der Waals surface area contributed by atoms with Crippen molar-refractivity contribution in [3.63, 3.8) is 0 Å². The Labute approximate surface area is 212 Å². The minimum absolute atomic E-state index is 0.231. The van der Waals surface area contributed by atoms with Gasteiger partial charge >= 0.3 is 0 Å². The number of hydrogen-bond acceptors (Lipinski definition) is 9. The van der Waals surface area contributed by atoms with Crippen molar-refractivity contribution >= 4 is 18.1 Å². The Hall–Kier alpha value is -3.04. The number of aromatic nitrogens is 1. The minimum atomic E-state index is -0.537. The number of fused-ring (bicyclic) bond motifs is 1. The zero-order valence-electron chi connectivity index (χ0n) is 20.9. The maximum Gasteiger partial charge on any atom is 0.221 e. The number of nitrogens with one attached hydrogen (secondary N) is 2. The van der Waals surface area contributed by atoms with E-state index >= 15 is 0 Å². The Morgan fingerprint density at radius 3 is 2.67 bits per heavy atom. The lowest BCUT2D eigenvalue weighted by Crippen LogP contribution is -2.58. The van der Waals surface area contributed by atoms with Crippen molar-refractivity contribution in [2.45, 2.75) is 94.7 Å². The molecule has 190 valence electrons. The Morgan fingerprint density at radius 2 is 1.94 bits per heavy atom. The van der Waals surface area contributed by atoms with Crippen LogP contribution in [0.1, 0.15) is 63.9 Å². The first-order valence-electron chi connectivity index (χ1n) is 13.3. The predicted molar refractivity (Wildman–Crippen MR) is 142 cm³/mol. The molecule has 0 amide bonds. The third-order valence-electron chi connectivity index (χ3n) is 8.06. The average molecular weight is 489 g/mol. The third-order valence-corrected chi connectivity index (χ3v) is 8.06. The fourth-order valence-electron chi connectivity index (χ4n) is 5.82. The van der Waals surface area contributed by atoms with Crippen molar-refractivity contribution in [1.82, 2.24) is 20.5 Å². The number of hydrogen-bond donors (Lipinski definition) is 3. The second kappa shape index (κ2) is 9.78. The molecule has 2 aliphatic heterocycles. The van der Waals surface area contributed by atoms with E-state index < -0.39 is 5.54 Å². The Bertz CT molecular complexity index is 1130. The molecule has 2 unspecified atom stereocenters. The molecule has 9 nitrogen and oxygen atoms in total. The quantitative estimate of drug-likeness (QED) is 0.574. The van der Waals surface area contributed by atoms with E-state index in [1.54, 1.807) is 6.26 Å². The molecule has 2 saturated carbocycles. The van der Waals surface area contributed by atoms with Crippen molar-refractivity contribution in [1.29, 1.82) is 0 Å². The molecular weight excluding hydrogens is 452 g/mol. The zero-order chi connectivity index (χ0) is 24.5. The number of nitrogens with zero attached hydrogens (tertiary/aromatic N) is 5. The van der Waals surface area contributed by atoms with E-state index in [4.69, 9.17) is 25.1 Å². The van der Waals surface area contributed by atoms with Crippen LogP contribution in [0.5, 0.6) is 0 Å². The van der Waals surface area contributed by atoms with Gasteiger partial charge in [0.1, 0.15) is 17.7 Å². The number of aliphatic imine (C=N–C) groups is 3. The number of nitrogens with two attached hydrogens (primary N) is 1. The van der Waals surface area contributed by atoms with Crippen LogP contribution in [0.25, 0.3) is 11.5 Å². The summed E-state index contributed by atoms with van der Waals surface area (Å²) in [6.45, 7) is 2.78. The number of amidine groups is 1. The van der Waals surface area contributed by atoms with Gasteiger partial charge in [-0.2, -0.15) is 4.99 Å². The Balaban J connectivity index is 1.21. The lowest BCUT2D eigenvalue weighted by molar-refractivity contribution is 0.360. The van der Waals surface area contributed by atoms with Gasteiger partial charge in [0.25, 0.3) is 0 Å². The number of pyridine rings is 1. The molecule has 2 fully saturated rings. The summed E-state index contributed by atoms with van der Waals surface area (Å²) in [5.41, 5.74) is 7.50. The normalized spacial score (nSPS) is 30.3. The Morgan fingerprint density at radius 1 is 1.11 bits per heavy atom. The molecule has 4 aliphatic rings. The minimum Gasteiger partial charge on any atom is -0.463 e. The van der Waals surface area contributed by atoms with Crippen LogP contribution in [0.2, 0.25) is 0 Å². The predicted octanol–water partition coefficient (Wildman–Crippen LogP) is 3.43. The van der Waals surface area contributed by atoms with E-state index in [0.717, 1.165) is 48.5 Å². The molecule has 0 aromatic carbocycles. The molecule has 6 rings (SSSR count). The van der Waals surface area contributed by atoms with Crippen LogP contribution in [-0.4, -0.2) is 57.8 Å². The second-order valence-electron chi connectivity index (χ2n) is 10.7. The van der Waals surface area contributed by atoms with Gasteiger partial charge in [0, 0.05) is 30.9 Å². The van der Waals surface area contributed by atoms with Crippen LogP contribution in [0, 0.1) is 0 Å². The molecule has 0 bridgehead atoms. The molecule has 2 aromatic heterocycles. The highest BCUT2D eigenvalue weighted by Gasteiger charge is 2.49. The van der Waals surface area contributed by atoms with Crippen LogP contribution in [-0.2, 0) is 6.54 Å². The van der Waals surface area contributed by atoms with Gasteiger partial charge in [0.15, 0.2) is 11.3 Å². The molecule has 2 atom stereocenters. The van der Waals surface area contributed by atoms with Crippen LogP contribution in [0.4, 0.5) is 0 Å². The van der Waals surface area contributed by atoms with Crippen molar-refractivity contribution < 1.29 is 4.42 Å². The summed E-state index contributed by atoms with van der Waals surface area (Å²) < 4.78 is 5.46. The number of furan rings is 1. The molecular formula is C27H36N8O. The lowest BCUT2D eigenvalue weighted by atomic mass is 9.92. The molecule has 2 aliphatic carbocycles. The van der Waals surface area contributed by atoms with Crippen LogP contribution < -0.4 is 16.4 Å². The standard InChI is InChI=1S/C27H36N8O/c1-27-24(30-16-18-8-13-22(29-15-18)23-7-4-14-36-23)33-26(32-20-11-9-19(28)10-12-20)34-25(27)35(17-31-27)21-5-2-3-6-21/h4,7-8,13-15,17,19-21,24,30H,2-3,5-6,9-12,16,28H2,1H3,(H,32,33). The van der Waals surface area contributed by atoms with Gasteiger partial charge in [-0.1, -0.05) is 18.9 Å². The summed E-state index contributed by atoms with van der Waals surface area (Å²) in [7, 11) is 0. The third kappa shape index (κ3) is 4.57. The van der Waals surface area contributed by atoms with Crippen molar-refractivity contribution in [2.24, 2.45) is 20.7 Å². The van der Waals surface area contributed by atoms with E-state index in [2.05, 4.69) is 33.5 Å². The highest BCUT2D eigenvalue weighted by molar-refractivity contribution is 6.11. The van der Waals surface area contributed by atoms with Crippen molar-refractivity contribution in [3.05, 3.63) is 42.3 Å². The summed E-state index contributed by atoms with van der Waals surface area (Å²) in [5.74, 6) is 2.48. The lowest BCUT2D eigenvalue weighted by Gasteiger charge is -2.37. The zero-order valence-corrected chi connectivity index (χ0v) is 20.9. The first-order chi connectivity index (χ1) is 17.6. The summed E-state index contributed by atoms with van der Waals surface area (Å²) in [6, 6.07) is 9.01. The van der Waals surface area contributed by atoms with Crippen molar-refractivity contribution in [3.8, 4) is 11.5 Å². The van der Waals surface area contributed by atoms with Crippen LogP contribution in [0.3, 0.4) is 0 Å². The molecule has 0 spiro atoms. The number of guanidine groups is 1. The highest BCUT2D eigenvalue weighted by atomic mass is 16.3. The molecule has 2 aromatic rings. The first kappa shape index (κ1) is 23.4. The molecule has 9 heteroatoms. The van der Waals surface area contributed by atoms with Gasteiger partial charge in [0.05, 0.1) is 12.6 Å². The van der Waals surface area contributed by atoms with Gasteiger partial charge in [0.2, 0.25) is 5.96 Å². The summed E-state index contributed by atoms with van der Waals surface area (Å²) in [6.07, 6.45) is 14.4.